The number of carbonyl (C=O) groups excluding carboxylic acids is 2. The van der Waals surface area contributed by atoms with Crippen LogP contribution in [0.15, 0.2) is 6.20 Å². The zero-order chi connectivity index (χ0) is 13.4. The van der Waals surface area contributed by atoms with Gasteiger partial charge in [-0.1, -0.05) is 13.8 Å². The monoisotopic (exact) mass is 250 g/mol. The highest BCUT2D eigenvalue weighted by molar-refractivity contribution is 6.19. The van der Waals surface area contributed by atoms with Gasteiger partial charge in [-0.2, -0.15) is 5.10 Å². The molecule has 0 bridgehead atoms. The molecule has 0 aliphatic carbocycles. The molecule has 98 valence electrons. The second-order valence-electron chi connectivity index (χ2n) is 5.06. The summed E-state index contributed by atoms with van der Waals surface area (Å²) in [6, 6.07) is -0.285. The Bertz CT molecular complexity index is 492. The lowest BCUT2D eigenvalue weighted by Crippen LogP contribution is -2.31. The topological polar surface area (TPSA) is 58.4 Å². The van der Waals surface area contributed by atoms with Gasteiger partial charge in [0.15, 0.2) is 0 Å². The quantitative estimate of drug-likeness (QED) is 0.758. The molecular weight excluding hydrogens is 232 g/mol. The van der Waals surface area contributed by atoms with Crippen LogP contribution in [0.2, 0.25) is 0 Å². The maximum Gasteiger partial charge on any atom is 0.331 e. The van der Waals surface area contributed by atoms with Gasteiger partial charge in [-0.25, -0.2) is 9.69 Å². The lowest BCUT2D eigenvalue weighted by molar-refractivity contribution is -0.116. The van der Waals surface area contributed by atoms with Crippen LogP contribution in [0, 0.1) is 12.8 Å². The number of anilines is 1. The molecule has 2 heterocycles. The third kappa shape index (κ3) is 1.98. The maximum atomic E-state index is 11.9. The van der Waals surface area contributed by atoms with E-state index in [0.717, 1.165) is 12.2 Å². The molecule has 6 nitrogen and oxygen atoms in total. The van der Waals surface area contributed by atoms with Crippen LogP contribution < -0.4 is 4.90 Å². The summed E-state index contributed by atoms with van der Waals surface area (Å²) < 4.78 is 1.83. The van der Waals surface area contributed by atoms with Gasteiger partial charge in [-0.15, -0.1) is 0 Å². The predicted octanol–water partition coefficient (Wildman–Crippen LogP) is 1.25. The molecule has 1 aromatic heterocycles. The Kier molecular flexibility index (Phi) is 3.11. The molecule has 1 aliphatic rings. The van der Waals surface area contributed by atoms with Crippen LogP contribution in [0.3, 0.4) is 0 Å². The van der Waals surface area contributed by atoms with E-state index in [4.69, 9.17) is 0 Å². The van der Waals surface area contributed by atoms with Crippen LogP contribution in [0.5, 0.6) is 0 Å². The van der Waals surface area contributed by atoms with Gasteiger partial charge >= 0.3 is 6.03 Å². The third-order valence-corrected chi connectivity index (χ3v) is 3.00. The normalized spacial score (nSPS) is 16.3. The molecule has 0 unspecified atom stereocenters. The number of aromatic nitrogens is 2. The number of urea groups is 1. The molecule has 1 aliphatic heterocycles. The van der Waals surface area contributed by atoms with Crippen molar-refractivity contribution in [2.45, 2.75) is 27.3 Å². The Hall–Kier alpha value is -1.85. The average Bonchev–Trinajstić information content (AvgIpc) is 2.72. The first-order valence-electron chi connectivity index (χ1n) is 6.02. The summed E-state index contributed by atoms with van der Waals surface area (Å²) in [5.41, 5.74) is 1.44. The fourth-order valence-electron chi connectivity index (χ4n) is 2.04. The second-order valence-corrected chi connectivity index (χ2v) is 5.06. The van der Waals surface area contributed by atoms with E-state index in [1.807, 2.05) is 11.6 Å². The number of carbonyl (C=O) groups is 2. The Balaban J connectivity index is 2.32. The zero-order valence-corrected chi connectivity index (χ0v) is 11.2. The molecule has 2 rings (SSSR count). The molecule has 0 aromatic carbocycles. The summed E-state index contributed by atoms with van der Waals surface area (Å²) in [7, 11) is 1.62. The number of hydrogen-bond acceptors (Lipinski definition) is 3. The molecule has 3 amide bonds. The molecule has 0 atom stereocenters. The van der Waals surface area contributed by atoms with Gasteiger partial charge in [0.1, 0.15) is 6.54 Å². The number of nitrogens with zero attached hydrogens (tertiary/aromatic N) is 4. The van der Waals surface area contributed by atoms with Crippen LogP contribution in [0.1, 0.15) is 19.5 Å². The van der Waals surface area contributed by atoms with Crippen molar-refractivity contribution in [2.24, 2.45) is 5.92 Å². The van der Waals surface area contributed by atoms with Crippen LogP contribution in [-0.4, -0.2) is 40.2 Å². The number of amides is 3. The van der Waals surface area contributed by atoms with E-state index in [1.165, 1.54) is 9.80 Å². The van der Waals surface area contributed by atoms with Gasteiger partial charge in [0, 0.05) is 13.6 Å². The van der Waals surface area contributed by atoms with E-state index in [9.17, 15) is 9.59 Å². The number of likely N-dealkylation sites (N-methyl/N-ethyl adjacent to an activating group) is 1. The van der Waals surface area contributed by atoms with Crippen molar-refractivity contribution in [3.05, 3.63) is 11.9 Å². The third-order valence-electron chi connectivity index (χ3n) is 3.00. The Morgan fingerprint density at radius 1 is 1.39 bits per heavy atom. The van der Waals surface area contributed by atoms with Crippen LogP contribution >= 0.6 is 0 Å². The van der Waals surface area contributed by atoms with E-state index in [2.05, 4.69) is 18.9 Å². The first-order chi connectivity index (χ1) is 8.41. The minimum Gasteiger partial charge on any atom is -0.318 e. The number of imide groups is 1. The van der Waals surface area contributed by atoms with E-state index in [1.54, 1.807) is 13.2 Å². The Labute approximate surface area is 106 Å². The summed E-state index contributed by atoms with van der Waals surface area (Å²) in [6.07, 6.45) is 1.59. The van der Waals surface area contributed by atoms with Crippen LogP contribution in [0.4, 0.5) is 10.5 Å². The lowest BCUT2D eigenvalue weighted by Gasteiger charge is -2.14. The highest BCUT2D eigenvalue weighted by atomic mass is 16.2. The molecule has 1 aromatic rings. The minimum atomic E-state index is -0.285. The Morgan fingerprint density at radius 2 is 2.06 bits per heavy atom. The standard InChI is InChI=1S/C12H18N4O2/c1-8(2)6-15-9(3)10(5-13-15)16-11(17)7-14(4)12(16)18/h5,8H,6-7H2,1-4H3. The lowest BCUT2D eigenvalue weighted by atomic mass is 10.2. The van der Waals surface area contributed by atoms with Gasteiger partial charge in [-0.3, -0.25) is 9.48 Å². The SMILES string of the molecule is Cc1c(N2C(=O)CN(C)C2=O)cnn1CC(C)C. The van der Waals surface area contributed by atoms with Gasteiger partial charge in [-0.05, 0) is 12.8 Å². The average molecular weight is 250 g/mol. The fraction of sp³-hybridized carbons (Fsp3) is 0.583. The summed E-state index contributed by atoms with van der Waals surface area (Å²) >= 11 is 0. The van der Waals surface area contributed by atoms with Crippen LogP contribution in [-0.2, 0) is 11.3 Å². The van der Waals surface area contributed by atoms with Crippen molar-refractivity contribution in [1.29, 1.82) is 0 Å². The molecule has 1 saturated heterocycles. The van der Waals surface area contributed by atoms with Crippen molar-refractivity contribution in [1.82, 2.24) is 14.7 Å². The van der Waals surface area contributed by atoms with Crippen molar-refractivity contribution in [2.75, 3.05) is 18.5 Å². The zero-order valence-electron chi connectivity index (χ0n) is 11.2. The van der Waals surface area contributed by atoms with Gasteiger partial charge in [0.05, 0.1) is 17.6 Å². The second kappa shape index (κ2) is 4.44. The summed E-state index contributed by atoms with van der Waals surface area (Å²) in [6.45, 7) is 6.98. The summed E-state index contributed by atoms with van der Waals surface area (Å²) in [5.74, 6) is 0.263. The molecule has 18 heavy (non-hydrogen) atoms. The maximum absolute atomic E-state index is 11.9. The number of hydrogen-bond donors (Lipinski definition) is 0. The first-order valence-corrected chi connectivity index (χ1v) is 6.02. The van der Waals surface area contributed by atoms with Gasteiger partial charge in [0.2, 0.25) is 0 Å². The fourth-order valence-corrected chi connectivity index (χ4v) is 2.04. The van der Waals surface area contributed by atoms with Gasteiger partial charge in [0.25, 0.3) is 5.91 Å². The van der Waals surface area contributed by atoms with E-state index >= 15 is 0 Å². The molecule has 1 fully saturated rings. The van der Waals surface area contributed by atoms with Crippen molar-refractivity contribution in [3.63, 3.8) is 0 Å². The molecule has 0 spiro atoms. The smallest absolute Gasteiger partial charge is 0.318 e. The van der Waals surface area contributed by atoms with E-state index in [0.29, 0.717) is 11.6 Å². The molecule has 0 saturated carbocycles. The summed E-state index contributed by atoms with van der Waals surface area (Å²) in [4.78, 5) is 26.3. The highest BCUT2D eigenvalue weighted by Gasteiger charge is 2.36. The van der Waals surface area contributed by atoms with Crippen molar-refractivity contribution >= 4 is 17.6 Å². The molecule has 0 N–H and O–H groups in total. The van der Waals surface area contributed by atoms with Crippen LogP contribution in [0.25, 0.3) is 0 Å². The van der Waals surface area contributed by atoms with Crippen molar-refractivity contribution < 1.29 is 9.59 Å². The minimum absolute atomic E-state index is 0.133. The predicted molar refractivity (Wildman–Crippen MR) is 67.3 cm³/mol. The Morgan fingerprint density at radius 3 is 2.56 bits per heavy atom. The van der Waals surface area contributed by atoms with Gasteiger partial charge < -0.3 is 4.90 Å². The molecule has 6 heteroatoms. The van der Waals surface area contributed by atoms with E-state index in [-0.39, 0.29) is 18.5 Å². The van der Waals surface area contributed by atoms with Crippen molar-refractivity contribution in [3.8, 4) is 0 Å². The molecule has 0 radical (unpaired) electrons. The number of rotatable bonds is 3. The largest absolute Gasteiger partial charge is 0.331 e. The highest BCUT2D eigenvalue weighted by Crippen LogP contribution is 2.24. The van der Waals surface area contributed by atoms with E-state index < -0.39 is 0 Å². The first kappa shape index (κ1) is 12.6. The summed E-state index contributed by atoms with van der Waals surface area (Å²) in [5, 5.41) is 4.25. The molecular formula is C12H18N4O2.